The van der Waals surface area contributed by atoms with E-state index in [1.807, 2.05) is 67.6 Å². The minimum Gasteiger partial charge on any atom is -0.350 e. The predicted molar refractivity (Wildman–Crippen MR) is 130 cm³/mol. The summed E-state index contributed by atoms with van der Waals surface area (Å²) in [4.78, 5) is 37.6. The second-order valence-corrected chi connectivity index (χ2v) is 7.80. The molecular formula is C27H29N3O3. The first-order chi connectivity index (χ1) is 16.0. The van der Waals surface area contributed by atoms with Crippen LogP contribution in [0.15, 0.2) is 84.9 Å². The van der Waals surface area contributed by atoms with Crippen LogP contribution in [0.5, 0.6) is 0 Å². The van der Waals surface area contributed by atoms with Gasteiger partial charge >= 0.3 is 0 Å². The van der Waals surface area contributed by atoms with Crippen molar-refractivity contribution in [1.29, 1.82) is 0 Å². The first-order valence-corrected chi connectivity index (χ1v) is 11.1. The topological polar surface area (TPSA) is 87.3 Å². The van der Waals surface area contributed by atoms with Gasteiger partial charge in [-0.1, -0.05) is 67.6 Å². The van der Waals surface area contributed by atoms with Gasteiger partial charge in [0.25, 0.3) is 5.91 Å². The van der Waals surface area contributed by atoms with E-state index in [0.29, 0.717) is 24.1 Å². The predicted octanol–water partition coefficient (Wildman–Crippen LogP) is 4.08. The van der Waals surface area contributed by atoms with Crippen molar-refractivity contribution >= 4 is 23.4 Å². The Balaban J connectivity index is 1.67. The average Bonchev–Trinajstić information content (AvgIpc) is 2.83. The highest BCUT2D eigenvalue weighted by Crippen LogP contribution is 2.12. The molecule has 0 fully saturated rings. The maximum absolute atomic E-state index is 13.0. The molecule has 170 valence electrons. The minimum atomic E-state index is -0.729. The van der Waals surface area contributed by atoms with Gasteiger partial charge in [-0.25, -0.2) is 0 Å². The van der Waals surface area contributed by atoms with Crippen LogP contribution in [0.4, 0.5) is 5.69 Å². The van der Waals surface area contributed by atoms with E-state index in [1.54, 1.807) is 24.3 Å². The fourth-order valence-electron chi connectivity index (χ4n) is 3.41. The second kappa shape index (κ2) is 12.2. The molecule has 3 amide bonds. The molecule has 6 nitrogen and oxygen atoms in total. The molecule has 3 aromatic carbocycles. The Kier molecular flexibility index (Phi) is 8.77. The number of nitrogens with one attached hydrogen (secondary N) is 3. The third kappa shape index (κ3) is 7.61. The van der Waals surface area contributed by atoms with Crippen LogP contribution in [0.3, 0.4) is 0 Å². The van der Waals surface area contributed by atoms with Crippen LogP contribution in [0.1, 0.15) is 41.3 Å². The number of hydrogen-bond acceptors (Lipinski definition) is 3. The average molecular weight is 444 g/mol. The van der Waals surface area contributed by atoms with Crippen LogP contribution < -0.4 is 16.0 Å². The molecule has 0 saturated carbocycles. The summed E-state index contributed by atoms with van der Waals surface area (Å²) < 4.78 is 0. The lowest BCUT2D eigenvalue weighted by Gasteiger charge is -2.19. The number of carbonyl (C=O) groups excluding carboxylic acids is 3. The Bertz CT molecular complexity index is 1070. The Morgan fingerprint density at radius 2 is 1.48 bits per heavy atom. The molecule has 0 bridgehead atoms. The molecule has 0 aliphatic heterocycles. The highest BCUT2D eigenvalue weighted by atomic mass is 16.2. The van der Waals surface area contributed by atoms with Gasteiger partial charge in [0.1, 0.15) is 6.04 Å². The summed E-state index contributed by atoms with van der Waals surface area (Å²) in [5.74, 6) is -0.610. The van der Waals surface area contributed by atoms with Gasteiger partial charge in [0.2, 0.25) is 11.8 Å². The summed E-state index contributed by atoms with van der Waals surface area (Å²) in [7, 11) is 0. The van der Waals surface area contributed by atoms with Gasteiger partial charge in [-0.05, 0) is 41.8 Å². The lowest BCUT2D eigenvalue weighted by molar-refractivity contribution is -0.123. The van der Waals surface area contributed by atoms with E-state index in [-0.39, 0.29) is 24.3 Å². The first kappa shape index (κ1) is 23.7. The summed E-state index contributed by atoms with van der Waals surface area (Å²) in [5, 5.41) is 8.64. The molecule has 0 spiro atoms. The monoisotopic (exact) mass is 443 g/mol. The van der Waals surface area contributed by atoms with E-state index < -0.39 is 6.04 Å². The van der Waals surface area contributed by atoms with E-state index in [1.165, 1.54) is 0 Å². The number of carbonyl (C=O) groups is 3. The molecular weight excluding hydrogens is 414 g/mol. The fourth-order valence-corrected chi connectivity index (χ4v) is 3.41. The number of benzene rings is 3. The van der Waals surface area contributed by atoms with Crippen molar-refractivity contribution in [3.05, 3.63) is 102 Å². The van der Waals surface area contributed by atoms with Crippen LogP contribution >= 0.6 is 0 Å². The van der Waals surface area contributed by atoms with Crippen molar-refractivity contribution in [3.63, 3.8) is 0 Å². The molecule has 3 N–H and O–H groups in total. The van der Waals surface area contributed by atoms with Gasteiger partial charge in [-0.15, -0.1) is 0 Å². The van der Waals surface area contributed by atoms with Crippen LogP contribution in [-0.4, -0.2) is 23.8 Å². The van der Waals surface area contributed by atoms with E-state index >= 15 is 0 Å². The zero-order valence-electron chi connectivity index (χ0n) is 18.7. The number of anilines is 1. The normalized spacial score (nSPS) is 11.3. The highest BCUT2D eigenvalue weighted by Gasteiger charge is 2.21. The largest absolute Gasteiger partial charge is 0.350 e. The SMILES string of the molecule is CCCC(=O)Nc1cccc(CNC(=O)C(Cc2ccccc2)NC(=O)c2ccccc2)c1. The smallest absolute Gasteiger partial charge is 0.251 e. The Morgan fingerprint density at radius 1 is 0.818 bits per heavy atom. The Hall–Kier alpha value is -3.93. The lowest BCUT2D eigenvalue weighted by atomic mass is 10.0. The minimum absolute atomic E-state index is 0.0368. The van der Waals surface area contributed by atoms with E-state index in [9.17, 15) is 14.4 Å². The van der Waals surface area contributed by atoms with Gasteiger partial charge < -0.3 is 16.0 Å². The number of amides is 3. The number of hydrogen-bond donors (Lipinski definition) is 3. The quantitative estimate of drug-likeness (QED) is 0.441. The molecule has 0 aliphatic rings. The molecule has 0 saturated heterocycles. The van der Waals surface area contributed by atoms with Gasteiger partial charge in [-0.2, -0.15) is 0 Å². The van der Waals surface area contributed by atoms with E-state index in [4.69, 9.17) is 0 Å². The molecule has 1 unspecified atom stereocenters. The summed E-state index contributed by atoms with van der Waals surface area (Å²) in [6.45, 7) is 2.23. The number of rotatable bonds is 10. The summed E-state index contributed by atoms with van der Waals surface area (Å²) in [5.41, 5.74) is 2.99. The molecule has 0 heterocycles. The standard InChI is InChI=1S/C27H29N3O3/c1-2-10-25(31)29-23-16-9-13-21(17-23)19-28-27(33)24(18-20-11-5-3-6-12-20)30-26(32)22-14-7-4-8-15-22/h3-9,11-17,24H,2,10,18-19H2,1H3,(H,28,33)(H,29,31)(H,30,32). The van der Waals surface area contributed by atoms with Crippen LogP contribution in [0, 0.1) is 0 Å². The van der Waals surface area contributed by atoms with Crippen LogP contribution in [0.2, 0.25) is 0 Å². The van der Waals surface area contributed by atoms with Gasteiger partial charge in [0.05, 0.1) is 0 Å². The van der Waals surface area contributed by atoms with Gasteiger partial charge in [0, 0.05) is 30.6 Å². The zero-order valence-corrected chi connectivity index (χ0v) is 18.7. The molecule has 0 radical (unpaired) electrons. The van der Waals surface area contributed by atoms with E-state index in [2.05, 4.69) is 16.0 Å². The Labute approximate surface area is 194 Å². The third-order valence-corrected chi connectivity index (χ3v) is 5.09. The summed E-state index contributed by atoms with van der Waals surface area (Å²) in [6, 6.07) is 25.0. The van der Waals surface area contributed by atoms with E-state index in [0.717, 1.165) is 17.5 Å². The lowest BCUT2D eigenvalue weighted by Crippen LogP contribution is -2.47. The third-order valence-electron chi connectivity index (χ3n) is 5.09. The van der Waals surface area contributed by atoms with Crippen molar-refractivity contribution < 1.29 is 14.4 Å². The van der Waals surface area contributed by atoms with Crippen molar-refractivity contribution in [2.45, 2.75) is 38.8 Å². The molecule has 1 atom stereocenters. The molecule has 6 heteroatoms. The second-order valence-electron chi connectivity index (χ2n) is 7.80. The van der Waals surface area contributed by atoms with Gasteiger partial charge in [0.15, 0.2) is 0 Å². The highest BCUT2D eigenvalue weighted by molar-refractivity contribution is 5.97. The summed E-state index contributed by atoms with van der Waals surface area (Å²) in [6.07, 6.45) is 1.61. The molecule has 3 rings (SSSR count). The van der Waals surface area contributed by atoms with Crippen molar-refractivity contribution in [3.8, 4) is 0 Å². The van der Waals surface area contributed by atoms with Gasteiger partial charge in [-0.3, -0.25) is 14.4 Å². The maximum Gasteiger partial charge on any atom is 0.251 e. The zero-order chi connectivity index (χ0) is 23.5. The first-order valence-electron chi connectivity index (χ1n) is 11.1. The maximum atomic E-state index is 13.0. The molecule has 0 aliphatic carbocycles. The Morgan fingerprint density at radius 3 is 2.18 bits per heavy atom. The van der Waals surface area contributed by atoms with Crippen molar-refractivity contribution in [2.24, 2.45) is 0 Å². The van der Waals surface area contributed by atoms with Crippen molar-refractivity contribution in [2.75, 3.05) is 5.32 Å². The van der Waals surface area contributed by atoms with Crippen LogP contribution in [-0.2, 0) is 22.6 Å². The molecule has 33 heavy (non-hydrogen) atoms. The van der Waals surface area contributed by atoms with Crippen LogP contribution in [0.25, 0.3) is 0 Å². The summed E-state index contributed by atoms with van der Waals surface area (Å²) >= 11 is 0. The molecule has 3 aromatic rings. The molecule has 0 aromatic heterocycles. The fraction of sp³-hybridized carbons (Fsp3) is 0.222. The van der Waals surface area contributed by atoms with Crippen molar-refractivity contribution in [1.82, 2.24) is 10.6 Å².